The van der Waals surface area contributed by atoms with E-state index in [9.17, 15) is 4.79 Å². The van der Waals surface area contributed by atoms with Gasteiger partial charge in [-0.3, -0.25) is 9.78 Å². The van der Waals surface area contributed by atoms with Gasteiger partial charge in [0.25, 0.3) is 0 Å². The Kier molecular flexibility index (Phi) is 5.18. The molecule has 6 heteroatoms. The molecule has 122 valence electrons. The van der Waals surface area contributed by atoms with Crippen molar-refractivity contribution in [2.75, 3.05) is 12.4 Å². The smallest absolute Gasteiger partial charge is 0.224 e. The lowest BCUT2D eigenvalue weighted by atomic mass is 10.2. The maximum Gasteiger partial charge on any atom is 0.224 e. The number of methoxy groups -OCH3 is 1. The number of thiazole rings is 1. The van der Waals surface area contributed by atoms with Gasteiger partial charge in [0.2, 0.25) is 5.91 Å². The third-order valence-corrected chi connectivity index (χ3v) is 4.38. The Morgan fingerprint density at radius 1 is 1.25 bits per heavy atom. The molecule has 0 atom stereocenters. The van der Waals surface area contributed by atoms with Gasteiger partial charge < -0.3 is 10.1 Å². The number of aromatic nitrogens is 2. The van der Waals surface area contributed by atoms with Crippen molar-refractivity contribution in [1.82, 2.24) is 9.97 Å². The van der Waals surface area contributed by atoms with E-state index in [-0.39, 0.29) is 5.91 Å². The molecule has 0 aliphatic carbocycles. The first kappa shape index (κ1) is 16.1. The van der Waals surface area contributed by atoms with Crippen molar-refractivity contribution in [2.24, 2.45) is 0 Å². The van der Waals surface area contributed by atoms with Crippen LogP contribution in [0.2, 0.25) is 0 Å². The number of hydrogen-bond acceptors (Lipinski definition) is 5. The Hall–Kier alpha value is -2.73. The van der Waals surface area contributed by atoms with Gasteiger partial charge in [-0.2, -0.15) is 0 Å². The number of hydrogen-bond donors (Lipinski definition) is 1. The highest BCUT2D eigenvalue weighted by Gasteiger charge is 2.08. The molecular weight excluding hydrogens is 322 g/mol. The summed E-state index contributed by atoms with van der Waals surface area (Å²) in [6, 6.07) is 11.2. The fourth-order valence-corrected chi connectivity index (χ4v) is 3.08. The summed E-state index contributed by atoms with van der Waals surface area (Å²) in [5.41, 5.74) is 2.70. The van der Waals surface area contributed by atoms with Crippen LogP contribution in [0.5, 0.6) is 5.75 Å². The first-order valence-corrected chi connectivity index (χ1v) is 8.41. The lowest BCUT2D eigenvalue weighted by Crippen LogP contribution is -2.12. The average Bonchev–Trinajstić information content (AvgIpc) is 3.10. The second-order valence-electron chi connectivity index (χ2n) is 5.16. The summed E-state index contributed by atoms with van der Waals surface area (Å²) in [6.45, 7) is 0. The van der Waals surface area contributed by atoms with Crippen LogP contribution in [-0.2, 0) is 11.2 Å². The summed E-state index contributed by atoms with van der Waals surface area (Å²) in [5, 5.41) is 5.81. The number of carbonyl (C=O) groups excluding carboxylic acids is 1. The number of anilines is 1. The molecule has 3 aromatic rings. The molecule has 1 amide bonds. The van der Waals surface area contributed by atoms with Gasteiger partial charge in [-0.1, -0.05) is 6.07 Å². The van der Waals surface area contributed by atoms with Crippen LogP contribution in [-0.4, -0.2) is 23.0 Å². The predicted octanol–water partition coefficient (Wildman–Crippen LogP) is 3.79. The van der Waals surface area contributed by atoms with Gasteiger partial charge in [0.05, 0.1) is 12.8 Å². The van der Waals surface area contributed by atoms with Gasteiger partial charge in [0, 0.05) is 41.5 Å². The molecule has 0 fully saturated rings. The van der Waals surface area contributed by atoms with E-state index >= 15 is 0 Å². The average molecular weight is 339 g/mol. The Morgan fingerprint density at radius 2 is 2.08 bits per heavy atom. The van der Waals surface area contributed by atoms with Crippen LogP contribution in [0.25, 0.3) is 10.6 Å². The molecule has 1 aromatic carbocycles. The molecule has 0 bridgehead atoms. The minimum absolute atomic E-state index is 0.0401. The Morgan fingerprint density at radius 3 is 2.88 bits per heavy atom. The minimum Gasteiger partial charge on any atom is -0.497 e. The van der Waals surface area contributed by atoms with Crippen LogP contribution in [0, 0.1) is 0 Å². The fourth-order valence-electron chi connectivity index (χ4n) is 2.21. The third-order valence-electron chi connectivity index (χ3n) is 3.44. The fraction of sp³-hybridized carbons (Fsp3) is 0.167. The van der Waals surface area contributed by atoms with Gasteiger partial charge in [0.15, 0.2) is 0 Å². The van der Waals surface area contributed by atoms with Gasteiger partial charge in [0.1, 0.15) is 10.8 Å². The van der Waals surface area contributed by atoms with Crippen LogP contribution in [0.4, 0.5) is 5.69 Å². The van der Waals surface area contributed by atoms with Gasteiger partial charge in [-0.25, -0.2) is 4.98 Å². The van der Waals surface area contributed by atoms with E-state index in [4.69, 9.17) is 4.74 Å². The van der Waals surface area contributed by atoms with Crippen LogP contribution in [0.1, 0.15) is 12.1 Å². The normalized spacial score (nSPS) is 10.4. The van der Waals surface area contributed by atoms with E-state index < -0.39 is 0 Å². The summed E-state index contributed by atoms with van der Waals surface area (Å²) >= 11 is 1.58. The zero-order valence-electron chi connectivity index (χ0n) is 13.2. The number of amides is 1. The van der Waals surface area contributed by atoms with Crippen molar-refractivity contribution in [3.8, 4) is 16.3 Å². The van der Waals surface area contributed by atoms with E-state index in [2.05, 4.69) is 15.3 Å². The largest absolute Gasteiger partial charge is 0.497 e. The van der Waals surface area contributed by atoms with Crippen molar-refractivity contribution in [3.05, 3.63) is 59.9 Å². The molecule has 0 unspecified atom stereocenters. The number of rotatable bonds is 6. The Bertz CT molecular complexity index is 818. The number of carbonyl (C=O) groups is 1. The number of nitrogens with one attached hydrogen (secondary N) is 1. The first-order chi connectivity index (χ1) is 11.7. The Balaban J connectivity index is 1.56. The highest BCUT2D eigenvalue weighted by Crippen LogP contribution is 2.23. The molecule has 3 rings (SSSR count). The molecule has 0 aliphatic rings. The monoisotopic (exact) mass is 339 g/mol. The van der Waals surface area contributed by atoms with E-state index in [1.54, 1.807) is 36.9 Å². The summed E-state index contributed by atoms with van der Waals surface area (Å²) in [4.78, 5) is 20.7. The van der Waals surface area contributed by atoms with Crippen LogP contribution >= 0.6 is 11.3 Å². The maximum absolute atomic E-state index is 12.1. The predicted molar refractivity (Wildman–Crippen MR) is 95.3 cm³/mol. The molecule has 2 heterocycles. The molecular formula is C18H17N3O2S. The van der Waals surface area contributed by atoms with Crippen LogP contribution in [0.3, 0.4) is 0 Å². The highest BCUT2D eigenvalue weighted by atomic mass is 32.1. The van der Waals surface area contributed by atoms with Crippen molar-refractivity contribution in [2.45, 2.75) is 12.8 Å². The van der Waals surface area contributed by atoms with E-state index in [0.717, 1.165) is 22.0 Å². The Labute approximate surface area is 144 Å². The molecule has 5 nitrogen and oxygen atoms in total. The lowest BCUT2D eigenvalue weighted by Gasteiger charge is -2.06. The molecule has 2 aromatic heterocycles. The number of nitrogens with zero attached hydrogens (tertiary/aromatic N) is 2. The van der Waals surface area contributed by atoms with Crippen LogP contribution in [0.15, 0.2) is 54.2 Å². The summed E-state index contributed by atoms with van der Waals surface area (Å²) < 4.78 is 5.15. The van der Waals surface area contributed by atoms with E-state index in [0.29, 0.717) is 18.6 Å². The molecule has 24 heavy (non-hydrogen) atoms. The zero-order valence-corrected chi connectivity index (χ0v) is 14.0. The molecule has 1 N–H and O–H groups in total. The topological polar surface area (TPSA) is 64.1 Å². The first-order valence-electron chi connectivity index (χ1n) is 7.53. The second-order valence-corrected chi connectivity index (χ2v) is 6.02. The second kappa shape index (κ2) is 7.70. The van der Waals surface area contributed by atoms with Crippen molar-refractivity contribution < 1.29 is 9.53 Å². The van der Waals surface area contributed by atoms with Crippen molar-refractivity contribution in [1.29, 1.82) is 0 Å². The molecule has 0 saturated heterocycles. The number of benzene rings is 1. The zero-order chi connectivity index (χ0) is 16.8. The van der Waals surface area contributed by atoms with Crippen molar-refractivity contribution in [3.63, 3.8) is 0 Å². The summed E-state index contributed by atoms with van der Waals surface area (Å²) in [6.07, 6.45) is 4.49. The van der Waals surface area contributed by atoms with E-state index in [1.807, 2.05) is 35.7 Å². The third kappa shape index (κ3) is 4.17. The standard InChI is InChI=1S/C18H17N3O2S/c1-23-16-4-2-3-14(11-16)20-17(22)6-5-15-12-24-18(21-15)13-7-9-19-10-8-13/h2-4,7-12H,5-6H2,1H3,(H,20,22). The van der Waals surface area contributed by atoms with E-state index in [1.165, 1.54) is 0 Å². The van der Waals surface area contributed by atoms with Crippen molar-refractivity contribution >= 4 is 22.9 Å². The van der Waals surface area contributed by atoms with Crippen LogP contribution < -0.4 is 10.1 Å². The minimum atomic E-state index is -0.0401. The van der Waals surface area contributed by atoms with Gasteiger partial charge in [-0.05, 0) is 30.7 Å². The molecule has 0 spiro atoms. The number of pyridine rings is 1. The molecule has 0 radical (unpaired) electrons. The molecule has 0 saturated carbocycles. The summed E-state index contributed by atoms with van der Waals surface area (Å²) in [5.74, 6) is 0.677. The molecule has 0 aliphatic heterocycles. The lowest BCUT2D eigenvalue weighted by molar-refractivity contribution is -0.116. The van der Waals surface area contributed by atoms with Gasteiger partial charge >= 0.3 is 0 Å². The SMILES string of the molecule is COc1cccc(NC(=O)CCc2csc(-c3ccncc3)n2)c1. The summed E-state index contributed by atoms with van der Waals surface area (Å²) in [7, 11) is 1.60. The number of ether oxygens (including phenoxy) is 1. The van der Waals surface area contributed by atoms with Gasteiger partial charge in [-0.15, -0.1) is 11.3 Å². The maximum atomic E-state index is 12.1. The highest BCUT2D eigenvalue weighted by molar-refractivity contribution is 7.13. The number of aryl methyl sites for hydroxylation is 1. The quantitative estimate of drug-likeness (QED) is 0.742.